The second kappa shape index (κ2) is 10.1. The SMILES string of the molecule is CN1CCc2cc(-c3ccc(C[C@@H](C#N)NC(=O)C4CNCCCO4)c(F)c3)ccc2C1=O. The number of amides is 2. The fourth-order valence-electron chi connectivity index (χ4n) is 4.17. The standard InChI is InChI=1S/C25H27FN4O3/c1-30-9-7-18-11-16(5-6-21(18)25(30)32)17-3-4-19(22(26)13-17)12-20(14-27)29-24(31)23-15-28-8-2-10-33-23/h3-6,11,13,20,23,28H,2,7-10,12,15H2,1H3,(H,29,31)/t20-,23?/m0/s1. The average molecular weight is 451 g/mol. The van der Waals surface area contributed by atoms with Crippen molar-refractivity contribution in [2.45, 2.75) is 31.4 Å². The number of carbonyl (C=O) groups is 2. The van der Waals surface area contributed by atoms with E-state index in [4.69, 9.17) is 4.74 Å². The van der Waals surface area contributed by atoms with Crippen LogP contribution < -0.4 is 10.6 Å². The van der Waals surface area contributed by atoms with Crippen molar-refractivity contribution in [1.82, 2.24) is 15.5 Å². The third-order valence-corrected chi connectivity index (χ3v) is 6.12. The number of nitrogens with one attached hydrogen (secondary N) is 2. The molecular weight excluding hydrogens is 423 g/mol. The maximum atomic E-state index is 14.9. The van der Waals surface area contributed by atoms with E-state index in [-0.39, 0.29) is 18.2 Å². The Kier molecular flexibility index (Phi) is 7.02. The molecule has 1 fully saturated rings. The number of likely N-dealkylation sites (N-methyl/N-ethyl adjacent to an activating group) is 1. The Balaban J connectivity index is 1.45. The van der Waals surface area contributed by atoms with Crippen LogP contribution in [0.3, 0.4) is 0 Å². The molecule has 2 aromatic rings. The fourth-order valence-corrected chi connectivity index (χ4v) is 4.17. The Morgan fingerprint density at radius 1 is 1.33 bits per heavy atom. The number of ether oxygens (including phenoxy) is 1. The van der Waals surface area contributed by atoms with Crippen molar-refractivity contribution in [3.05, 3.63) is 58.9 Å². The van der Waals surface area contributed by atoms with E-state index in [0.29, 0.717) is 36.4 Å². The zero-order valence-corrected chi connectivity index (χ0v) is 18.6. The third kappa shape index (κ3) is 5.21. The minimum atomic E-state index is -0.864. The summed E-state index contributed by atoms with van der Waals surface area (Å²) in [5.41, 5.74) is 3.52. The molecule has 2 amide bonds. The first-order valence-corrected chi connectivity index (χ1v) is 11.2. The predicted octanol–water partition coefficient (Wildman–Crippen LogP) is 2.05. The molecule has 2 heterocycles. The molecule has 8 heteroatoms. The van der Waals surface area contributed by atoms with E-state index in [1.54, 1.807) is 30.1 Å². The summed E-state index contributed by atoms with van der Waals surface area (Å²) in [4.78, 5) is 26.4. The Bertz CT molecular complexity index is 1090. The second-order valence-electron chi connectivity index (χ2n) is 8.47. The van der Waals surface area contributed by atoms with Gasteiger partial charge in [0.05, 0.1) is 6.07 Å². The topological polar surface area (TPSA) is 94.5 Å². The Hall–Kier alpha value is -3.28. The maximum absolute atomic E-state index is 14.9. The smallest absolute Gasteiger partial charge is 0.253 e. The van der Waals surface area contributed by atoms with Gasteiger partial charge < -0.3 is 20.3 Å². The minimum Gasteiger partial charge on any atom is -0.367 e. The quantitative estimate of drug-likeness (QED) is 0.727. The molecule has 4 rings (SSSR count). The molecule has 0 bridgehead atoms. The highest BCUT2D eigenvalue weighted by molar-refractivity contribution is 5.97. The molecule has 2 N–H and O–H groups in total. The summed E-state index contributed by atoms with van der Waals surface area (Å²) in [5.74, 6) is -0.816. The zero-order chi connectivity index (χ0) is 23.4. The van der Waals surface area contributed by atoms with Crippen LogP contribution in [0.15, 0.2) is 36.4 Å². The summed E-state index contributed by atoms with van der Waals surface area (Å²) < 4.78 is 20.4. The lowest BCUT2D eigenvalue weighted by Crippen LogP contribution is -2.46. The number of hydrogen-bond donors (Lipinski definition) is 2. The van der Waals surface area contributed by atoms with Crippen LogP contribution >= 0.6 is 0 Å². The molecule has 0 saturated carbocycles. The first-order chi connectivity index (χ1) is 16.0. The lowest BCUT2D eigenvalue weighted by Gasteiger charge is -2.25. The average Bonchev–Trinajstić information content (AvgIpc) is 3.11. The molecule has 2 atom stereocenters. The molecule has 1 saturated heterocycles. The minimum absolute atomic E-state index is 0.000971. The van der Waals surface area contributed by atoms with Gasteiger partial charge in [0, 0.05) is 38.7 Å². The highest BCUT2D eigenvalue weighted by atomic mass is 19.1. The van der Waals surface area contributed by atoms with Crippen molar-refractivity contribution in [2.24, 2.45) is 0 Å². The lowest BCUT2D eigenvalue weighted by atomic mass is 9.93. The van der Waals surface area contributed by atoms with Crippen molar-refractivity contribution in [3.63, 3.8) is 0 Å². The van der Waals surface area contributed by atoms with Crippen molar-refractivity contribution in [1.29, 1.82) is 5.26 Å². The number of nitrogens with zero attached hydrogens (tertiary/aromatic N) is 2. The van der Waals surface area contributed by atoms with Crippen LogP contribution in [0.25, 0.3) is 11.1 Å². The van der Waals surface area contributed by atoms with E-state index >= 15 is 0 Å². The van der Waals surface area contributed by atoms with Gasteiger partial charge in [-0.05, 0) is 53.8 Å². The highest BCUT2D eigenvalue weighted by Gasteiger charge is 2.24. The summed E-state index contributed by atoms with van der Waals surface area (Å²) in [6.45, 7) is 2.30. The number of benzene rings is 2. The Morgan fingerprint density at radius 3 is 2.91 bits per heavy atom. The van der Waals surface area contributed by atoms with Gasteiger partial charge in [-0.25, -0.2) is 4.39 Å². The predicted molar refractivity (Wildman–Crippen MR) is 121 cm³/mol. The lowest BCUT2D eigenvalue weighted by molar-refractivity contribution is -0.132. The second-order valence-corrected chi connectivity index (χ2v) is 8.47. The van der Waals surface area contributed by atoms with Crippen LogP contribution in [0.4, 0.5) is 4.39 Å². The van der Waals surface area contributed by atoms with Crippen LogP contribution in [0, 0.1) is 17.1 Å². The van der Waals surface area contributed by atoms with Gasteiger partial charge in [-0.2, -0.15) is 5.26 Å². The molecule has 2 aliphatic rings. The zero-order valence-electron chi connectivity index (χ0n) is 18.6. The number of hydrogen-bond acceptors (Lipinski definition) is 5. The molecule has 0 spiro atoms. The van der Waals surface area contributed by atoms with Gasteiger partial charge in [0.1, 0.15) is 18.0 Å². The molecular formula is C25H27FN4O3. The normalized spacial score (nSPS) is 19.2. The molecule has 1 unspecified atom stereocenters. The van der Waals surface area contributed by atoms with Gasteiger partial charge in [-0.15, -0.1) is 0 Å². The molecule has 7 nitrogen and oxygen atoms in total. The number of rotatable bonds is 5. The van der Waals surface area contributed by atoms with E-state index in [9.17, 15) is 19.2 Å². The first-order valence-electron chi connectivity index (χ1n) is 11.2. The summed E-state index contributed by atoms with van der Waals surface area (Å²) in [5, 5.41) is 15.3. The molecule has 0 aliphatic carbocycles. The number of nitriles is 1. The van der Waals surface area contributed by atoms with Crippen molar-refractivity contribution >= 4 is 11.8 Å². The monoisotopic (exact) mass is 450 g/mol. The Labute approximate surface area is 192 Å². The van der Waals surface area contributed by atoms with E-state index < -0.39 is 18.0 Å². The number of halogens is 1. The largest absolute Gasteiger partial charge is 0.367 e. The van der Waals surface area contributed by atoms with Crippen molar-refractivity contribution in [2.75, 3.05) is 33.3 Å². The van der Waals surface area contributed by atoms with Crippen LogP contribution in [0.1, 0.15) is 27.9 Å². The van der Waals surface area contributed by atoms with E-state index in [1.165, 1.54) is 6.07 Å². The molecule has 2 aliphatic heterocycles. The van der Waals surface area contributed by atoms with Gasteiger partial charge >= 0.3 is 0 Å². The maximum Gasteiger partial charge on any atom is 0.253 e. The molecule has 0 aromatic heterocycles. The van der Waals surface area contributed by atoms with Crippen molar-refractivity contribution in [3.8, 4) is 17.2 Å². The summed E-state index contributed by atoms with van der Waals surface area (Å²) in [6, 6.07) is 11.6. The number of fused-ring (bicyclic) bond motifs is 1. The highest BCUT2D eigenvalue weighted by Crippen LogP contribution is 2.27. The van der Waals surface area contributed by atoms with Crippen molar-refractivity contribution < 1.29 is 18.7 Å². The fraction of sp³-hybridized carbons (Fsp3) is 0.400. The van der Waals surface area contributed by atoms with Gasteiger partial charge in [-0.1, -0.05) is 24.3 Å². The van der Waals surface area contributed by atoms with Gasteiger partial charge in [-0.3, -0.25) is 9.59 Å². The number of carbonyl (C=O) groups excluding carboxylic acids is 2. The van der Waals surface area contributed by atoms with E-state index in [0.717, 1.165) is 30.5 Å². The Morgan fingerprint density at radius 2 is 2.12 bits per heavy atom. The third-order valence-electron chi connectivity index (χ3n) is 6.12. The summed E-state index contributed by atoms with van der Waals surface area (Å²) in [6.07, 6.45) is 0.974. The van der Waals surface area contributed by atoms with Crippen LogP contribution in [-0.2, 0) is 22.4 Å². The van der Waals surface area contributed by atoms with Crippen LogP contribution in [0.5, 0.6) is 0 Å². The molecule has 0 radical (unpaired) electrons. The van der Waals surface area contributed by atoms with Gasteiger partial charge in [0.2, 0.25) is 0 Å². The van der Waals surface area contributed by atoms with Gasteiger partial charge in [0.15, 0.2) is 0 Å². The summed E-state index contributed by atoms with van der Waals surface area (Å²) >= 11 is 0. The molecule has 33 heavy (non-hydrogen) atoms. The van der Waals surface area contributed by atoms with Crippen LogP contribution in [-0.4, -0.2) is 62.1 Å². The van der Waals surface area contributed by atoms with Crippen LogP contribution in [0.2, 0.25) is 0 Å². The van der Waals surface area contributed by atoms with E-state index in [2.05, 4.69) is 10.6 Å². The van der Waals surface area contributed by atoms with E-state index in [1.807, 2.05) is 18.2 Å². The molecule has 172 valence electrons. The summed E-state index contributed by atoms with van der Waals surface area (Å²) in [7, 11) is 1.78. The molecule has 2 aromatic carbocycles. The first kappa shape index (κ1) is 22.9. The van der Waals surface area contributed by atoms with Gasteiger partial charge in [0.25, 0.3) is 11.8 Å².